The van der Waals surface area contributed by atoms with Gasteiger partial charge in [0.1, 0.15) is 0 Å². The summed E-state index contributed by atoms with van der Waals surface area (Å²) >= 11 is 3.73. The average Bonchev–Trinajstić information content (AvgIpc) is 3.30. The minimum Gasteiger partial charge on any atom is -0.345 e. The minimum atomic E-state index is 1.22. The summed E-state index contributed by atoms with van der Waals surface area (Å²) in [5, 5.41) is 5.37. The number of fused-ring (bicyclic) bond motifs is 6. The van der Waals surface area contributed by atoms with Gasteiger partial charge in [-0.1, -0.05) is 36.4 Å². The van der Waals surface area contributed by atoms with Crippen LogP contribution >= 0.6 is 22.7 Å². The van der Waals surface area contributed by atoms with Crippen LogP contribution in [0.4, 0.5) is 11.4 Å². The Balaban J connectivity index is 1.50. The van der Waals surface area contributed by atoms with Gasteiger partial charge in [0, 0.05) is 58.8 Å². The Bertz CT molecular complexity index is 1370. The maximum Gasteiger partial charge on any atom is 0.0415 e. The maximum atomic E-state index is 2.32. The normalized spacial score (nSPS) is 11.8. The molecule has 0 bridgehead atoms. The van der Waals surface area contributed by atoms with Crippen molar-refractivity contribution in [3.05, 3.63) is 84.9 Å². The van der Waals surface area contributed by atoms with Crippen molar-refractivity contribution < 1.29 is 0 Å². The molecule has 0 radical (unpaired) electrons. The third kappa shape index (κ3) is 2.37. The second kappa shape index (κ2) is 6.06. The molecule has 0 aliphatic heterocycles. The number of hydrogen-bond acceptors (Lipinski definition) is 3. The van der Waals surface area contributed by atoms with Gasteiger partial charge in [-0.25, -0.2) is 0 Å². The van der Waals surface area contributed by atoms with Crippen molar-refractivity contribution in [2.24, 2.45) is 0 Å². The second-order valence-corrected chi connectivity index (χ2v) is 9.28. The van der Waals surface area contributed by atoms with Crippen molar-refractivity contribution in [3.8, 4) is 0 Å². The molecule has 2 heterocycles. The largest absolute Gasteiger partial charge is 0.345 e. The summed E-state index contributed by atoms with van der Waals surface area (Å²) in [6.45, 7) is 0. The zero-order valence-corrected chi connectivity index (χ0v) is 17.0. The molecule has 3 heteroatoms. The lowest BCUT2D eigenvalue weighted by atomic mass is 10.1. The SMILES string of the molecule is CN(c1ccc2sc3ccccc3c2c1)c1ccc2sc3ccccc3c2c1. The van der Waals surface area contributed by atoms with Crippen molar-refractivity contribution in [1.29, 1.82) is 0 Å². The van der Waals surface area contributed by atoms with Crippen LogP contribution in [-0.4, -0.2) is 7.05 Å². The van der Waals surface area contributed by atoms with E-state index in [4.69, 9.17) is 0 Å². The summed E-state index contributed by atoms with van der Waals surface area (Å²) in [7, 11) is 2.16. The van der Waals surface area contributed by atoms with Gasteiger partial charge in [0.05, 0.1) is 0 Å². The fourth-order valence-electron chi connectivity index (χ4n) is 3.99. The fourth-order valence-corrected chi connectivity index (χ4v) is 6.17. The Hall–Kier alpha value is -2.88. The highest BCUT2D eigenvalue weighted by atomic mass is 32.1. The Labute approximate surface area is 171 Å². The van der Waals surface area contributed by atoms with Crippen LogP contribution in [0, 0.1) is 0 Å². The summed E-state index contributed by atoms with van der Waals surface area (Å²) in [6.07, 6.45) is 0. The summed E-state index contributed by atoms with van der Waals surface area (Å²) < 4.78 is 5.39. The molecule has 0 N–H and O–H groups in total. The Kier molecular flexibility index (Phi) is 3.49. The summed E-state index contributed by atoms with van der Waals surface area (Å²) in [6, 6.07) is 31.0. The van der Waals surface area contributed by atoms with Crippen molar-refractivity contribution in [2.75, 3.05) is 11.9 Å². The molecule has 2 aromatic heterocycles. The molecule has 6 aromatic rings. The van der Waals surface area contributed by atoms with Crippen LogP contribution in [0.1, 0.15) is 0 Å². The molecule has 0 spiro atoms. The molecular weight excluding hydrogens is 378 g/mol. The first kappa shape index (κ1) is 16.1. The van der Waals surface area contributed by atoms with Gasteiger partial charge in [0.15, 0.2) is 0 Å². The topological polar surface area (TPSA) is 3.24 Å². The Morgan fingerprint density at radius 1 is 0.500 bits per heavy atom. The lowest BCUT2D eigenvalue weighted by Gasteiger charge is -2.20. The predicted molar refractivity (Wildman–Crippen MR) is 127 cm³/mol. The fraction of sp³-hybridized carbons (Fsp3) is 0.0400. The molecule has 0 fully saturated rings. The number of anilines is 2. The molecule has 0 unspecified atom stereocenters. The van der Waals surface area contributed by atoms with Crippen LogP contribution < -0.4 is 4.90 Å². The second-order valence-electron chi connectivity index (χ2n) is 7.12. The van der Waals surface area contributed by atoms with Crippen molar-refractivity contribution >= 4 is 74.4 Å². The van der Waals surface area contributed by atoms with E-state index in [2.05, 4.69) is 96.9 Å². The molecule has 1 nitrogen and oxygen atoms in total. The molecular formula is C25H17NS2. The average molecular weight is 396 g/mol. The van der Waals surface area contributed by atoms with Crippen molar-refractivity contribution in [2.45, 2.75) is 0 Å². The molecule has 6 rings (SSSR count). The Morgan fingerprint density at radius 3 is 1.43 bits per heavy atom. The molecule has 28 heavy (non-hydrogen) atoms. The van der Waals surface area contributed by atoms with E-state index in [0.717, 1.165) is 0 Å². The first-order valence-corrected chi connectivity index (χ1v) is 11.0. The number of thiophene rings is 2. The van der Waals surface area contributed by atoms with Crippen LogP contribution in [0.3, 0.4) is 0 Å². The van der Waals surface area contributed by atoms with E-state index in [9.17, 15) is 0 Å². The molecule has 0 saturated carbocycles. The van der Waals surface area contributed by atoms with Gasteiger partial charge < -0.3 is 4.90 Å². The standard InChI is InChI=1S/C25H17NS2/c1-26(16-10-12-24-20(14-16)18-6-2-4-8-22(18)27-24)17-11-13-25-21(15-17)19-7-3-5-9-23(19)28-25/h2-15H,1H3. The van der Waals surface area contributed by atoms with E-state index < -0.39 is 0 Å². The van der Waals surface area contributed by atoms with Gasteiger partial charge in [0.25, 0.3) is 0 Å². The van der Waals surface area contributed by atoms with Gasteiger partial charge in [-0.2, -0.15) is 0 Å². The molecule has 4 aromatic carbocycles. The molecule has 0 atom stereocenters. The lowest BCUT2D eigenvalue weighted by Crippen LogP contribution is -2.08. The first-order valence-electron chi connectivity index (χ1n) is 9.34. The number of nitrogens with zero attached hydrogens (tertiary/aromatic N) is 1. The minimum absolute atomic E-state index is 1.22. The third-order valence-corrected chi connectivity index (χ3v) is 7.80. The van der Waals surface area contributed by atoms with Crippen LogP contribution in [-0.2, 0) is 0 Å². The summed E-state index contributed by atoms with van der Waals surface area (Å²) in [5.41, 5.74) is 2.44. The molecule has 0 aliphatic rings. The summed E-state index contributed by atoms with van der Waals surface area (Å²) in [4.78, 5) is 2.29. The van der Waals surface area contributed by atoms with Gasteiger partial charge in [-0.15, -0.1) is 22.7 Å². The van der Waals surface area contributed by atoms with E-state index >= 15 is 0 Å². The zero-order valence-electron chi connectivity index (χ0n) is 15.3. The first-order chi connectivity index (χ1) is 13.8. The van der Waals surface area contributed by atoms with E-state index in [-0.39, 0.29) is 0 Å². The highest BCUT2D eigenvalue weighted by Gasteiger charge is 2.11. The molecule has 0 saturated heterocycles. The molecule has 134 valence electrons. The number of benzene rings is 4. The number of rotatable bonds is 2. The number of hydrogen-bond donors (Lipinski definition) is 0. The van der Waals surface area contributed by atoms with Crippen molar-refractivity contribution in [1.82, 2.24) is 0 Å². The summed E-state index contributed by atoms with van der Waals surface area (Å²) in [5.74, 6) is 0. The van der Waals surface area contributed by atoms with E-state index in [0.29, 0.717) is 0 Å². The smallest absolute Gasteiger partial charge is 0.0415 e. The van der Waals surface area contributed by atoms with Gasteiger partial charge in [0.2, 0.25) is 0 Å². The van der Waals surface area contributed by atoms with E-state index in [1.54, 1.807) is 0 Å². The third-order valence-electron chi connectivity index (χ3n) is 5.50. The van der Waals surface area contributed by atoms with Gasteiger partial charge in [-0.3, -0.25) is 0 Å². The highest BCUT2D eigenvalue weighted by molar-refractivity contribution is 7.26. The van der Waals surface area contributed by atoms with Crippen LogP contribution in [0.2, 0.25) is 0 Å². The van der Waals surface area contributed by atoms with E-state index in [1.165, 1.54) is 51.7 Å². The quantitative estimate of drug-likeness (QED) is 0.286. The zero-order chi connectivity index (χ0) is 18.7. The van der Waals surface area contributed by atoms with Crippen LogP contribution in [0.15, 0.2) is 84.9 Å². The van der Waals surface area contributed by atoms with E-state index in [1.807, 2.05) is 22.7 Å². The van der Waals surface area contributed by atoms with Crippen LogP contribution in [0.25, 0.3) is 40.3 Å². The maximum absolute atomic E-state index is 2.32. The monoisotopic (exact) mass is 395 g/mol. The molecule has 0 amide bonds. The van der Waals surface area contributed by atoms with Crippen LogP contribution in [0.5, 0.6) is 0 Å². The lowest BCUT2D eigenvalue weighted by molar-refractivity contribution is 1.22. The van der Waals surface area contributed by atoms with Gasteiger partial charge in [-0.05, 0) is 48.5 Å². The van der Waals surface area contributed by atoms with Crippen molar-refractivity contribution in [3.63, 3.8) is 0 Å². The Morgan fingerprint density at radius 2 is 0.929 bits per heavy atom. The predicted octanol–water partition coefficient (Wildman–Crippen LogP) is 8.19. The molecule has 0 aliphatic carbocycles. The highest BCUT2D eigenvalue weighted by Crippen LogP contribution is 2.39. The van der Waals surface area contributed by atoms with Gasteiger partial charge >= 0.3 is 0 Å².